The van der Waals surface area contributed by atoms with E-state index < -0.39 is 10.8 Å². The SMILES string of the molecule is CCS(=O)CCNC(C)c1cc(Cl)ccc1Cl. The Hall–Kier alpha value is -0.0900. The van der Waals surface area contributed by atoms with Gasteiger partial charge in [-0.25, -0.2) is 0 Å². The lowest BCUT2D eigenvalue weighted by Crippen LogP contribution is -2.24. The third-order valence-electron chi connectivity index (χ3n) is 2.53. The number of hydrogen-bond acceptors (Lipinski definition) is 2. The fraction of sp³-hybridized carbons (Fsp3) is 0.500. The van der Waals surface area contributed by atoms with Crippen molar-refractivity contribution in [2.45, 2.75) is 19.9 Å². The first-order chi connectivity index (χ1) is 8.04. The molecular formula is C12H17Cl2NOS. The van der Waals surface area contributed by atoms with Crippen molar-refractivity contribution in [3.63, 3.8) is 0 Å². The van der Waals surface area contributed by atoms with Gasteiger partial charge in [-0.3, -0.25) is 4.21 Å². The Morgan fingerprint density at radius 2 is 2.12 bits per heavy atom. The highest BCUT2D eigenvalue weighted by Crippen LogP contribution is 2.25. The highest BCUT2D eigenvalue weighted by Gasteiger charge is 2.09. The summed E-state index contributed by atoms with van der Waals surface area (Å²) in [4.78, 5) is 0. The standard InChI is InChI=1S/C12H17Cl2NOS/c1-3-17(16)7-6-15-9(2)11-8-10(13)4-5-12(11)14/h4-5,8-9,15H,3,6-7H2,1-2H3. The van der Waals surface area contributed by atoms with Crippen molar-refractivity contribution in [3.8, 4) is 0 Å². The van der Waals surface area contributed by atoms with Crippen molar-refractivity contribution >= 4 is 34.0 Å². The van der Waals surface area contributed by atoms with Gasteiger partial charge in [0.15, 0.2) is 0 Å². The molecule has 0 saturated heterocycles. The van der Waals surface area contributed by atoms with Crippen molar-refractivity contribution in [3.05, 3.63) is 33.8 Å². The first-order valence-electron chi connectivity index (χ1n) is 5.58. The topological polar surface area (TPSA) is 29.1 Å². The number of nitrogens with one attached hydrogen (secondary N) is 1. The first-order valence-corrected chi connectivity index (χ1v) is 7.82. The van der Waals surface area contributed by atoms with Crippen LogP contribution in [0, 0.1) is 0 Å². The molecule has 0 radical (unpaired) electrons. The second-order valence-electron chi connectivity index (χ2n) is 3.77. The molecule has 17 heavy (non-hydrogen) atoms. The van der Waals surface area contributed by atoms with E-state index in [0.717, 1.165) is 5.56 Å². The van der Waals surface area contributed by atoms with Gasteiger partial charge in [-0.15, -0.1) is 0 Å². The summed E-state index contributed by atoms with van der Waals surface area (Å²) in [6.45, 7) is 4.66. The van der Waals surface area contributed by atoms with Gasteiger partial charge in [0.1, 0.15) is 0 Å². The van der Waals surface area contributed by atoms with Crippen molar-refractivity contribution in [1.29, 1.82) is 0 Å². The second-order valence-corrected chi connectivity index (χ2v) is 6.48. The molecule has 1 rings (SSSR count). The molecule has 96 valence electrons. The van der Waals surface area contributed by atoms with Gasteiger partial charge in [0.2, 0.25) is 0 Å². The fourth-order valence-electron chi connectivity index (χ4n) is 1.49. The zero-order valence-electron chi connectivity index (χ0n) is 10.0. The van der Waals surface area contributed by atoms with Gasteiger partial charge >= 0.3 is 0 Å². The van der Waals surface area contributed by atoms with E-state index >= 15 is 0 Å². The summed E-state index contributed by atoms with van der Waals surface area (Å²) < 4.78 is 11.3. The third-order valence-corrected chi connectivity index (χ3v) is 4.41. The van der Waals surface area contributed by atoms with Crippen LogP contribution in [0.5, 0.6) is 0 Å². The molecule has 0 bridgehead atoms. The third kappa shape index (κ3) is 4.96. The zero-order chi connectivity index (χ0) is 12.8. The number of benzene rings is 1. The predicted molar refractivity (Wildman–Crippen MR) is 76.4 cm³/mol. The van der Waals surface area contributed by atoms with E-state index in [9.17, 15) is 4.21 Å². The summed E-state index contributed by atoms with van der Waals surface area (Å²) in [6, 6.07) is 5.53. The molecule has 1 aromatic rings. The molecule has 0 saturated carbocycles. The van der Waals surface area contributed by atoms with E-state index in [1.807, 2.05) is 19.9 Å². The van der Waals surface area contributed by atoms with Gasteiger partial charge in [-0.05, 0) is 30.7 Å². The molecule has 0 spiro atoms. The van der Waals surface area contributed by atoms with E-state index in [-0.39, 0.29) is 6.04 Å². The predicted octanol–water partition coefficient (Wildman–Crippen LogP) is 3.41. The Kier molecular flexibility index (Phi) is 6.49. The van der Waals surface area contributed by atoms with Gasteiger partial charge in [0.05, 0.1) is 0 Å². The molecular weight excluding hydrogens is 277 g/mol. The van der Waals surface area contributed by atoms with Crippen molar-refractivity contribution < 1.29 is 4.21 Å². The number of halogens is 2. The lowest BCUT2D eigenvalue weighted by Gasteiger charge is -2.15. The number of rotatable bonds is 6. The maximum Gasteiger partial charge on any atom is 0.0454 e. The van der Waals surface area contributed by atoms with Crippen LogP contribution in [0.1, 0.15) is 25.5 Å². The Morgan fingerprint density at radius 3 is 2.76 bits per heavy atom. The van der Waals surface area contributed by atoms with Gasteiger partial charge in [-0.2, -0.15) is 0 Å². The van der Waals surface area contributed by atoms with E-state index in [0.29, 0.717) is 28.1 Å². The van der Waals surface area contributed by atoms with Crippen LogP contribution in [0.2, 0.25) is 10.0 Å². The van der Waals surface area contributed by atoms with Crippen LogP contribution in [0.4, 0.5) is 0 Å². The lowest BCUT2D eigenvalue weighted by molar-refractivity contribution is 0.597. The molecule has 0 aromatic heterocycles. The highest BCUT2D eigenvalue weighted by atomic mass is 35.5. The molecule has 0 aliphatic carbocycles. The maximum atomic E-state index is 11.3. The van der Waals surface area contributed by atoms with Crippen LogP contribution in [-0.2, 0) is 10.8 Å². The minimum atomic E-state index is -0.731. The van der Waals surface area contributed by atoms with Crippen LogP contribution in [0.3, 0.4) is 0 Å². The van der Waals surface area contributed by atoms with Crippen LogP contribution < -0.4 is 5.32 Å². The van der Waals surface area contributed by atoms with Crippen LogP contribution >= 0.6 is 23.2 Å². The fourth-order valence-corrected chi connectivity index (χ4v) is 2.59. The molecule has 5 heteroatoms. The van der Waals surface area contributed by atoms with Gasteiger partial charge in [0.25, 0.3) is 0 Å². The summed E-state index contributed by atoms with van der Waals surface area (Å²) in [5.41, 5.74) is 0.974. The summed E-state index contributed by atoms with van der Waals surface area (Å²) in [5, 5.41) is 4.67. The molecule has 2 unspecified atom stereocenters. The van der Waals surface area contributed by atoms with E-state index in [2.05, 4.69) is 5.32 Å². The summed E-state index contributed by atoms with van der Waals surface area (Å²) >= 11 is 12.0. The minimum Gasteiger partial charge on any atom is -0.309 e. The van der Waals surface area contributed by atoms with Gasteiger partial charge in [-0.1, -0.05) is 30.1 Å². The minimum absolute atomic E-state index is 0.107. The Morgan fingerprint density at radius 1 is 1.41 bits per heavy atom. The van der Waals surface area contributed by atoms with Crippen LogP contribution in [0.25, 0.3) is 0 Å². The summed E-state index contributed by atoms with van der Waals surface area (Å²) in [5.74, 6) is 1.37. The second kappa shape index (κ2) is 7.37. The molecule has 0 amide bonds. The largest absolute Gasteiger partial charge is 0.309 e. The van der Waals surface area contributed by atoms with E-state index in [4.69, 9.17) is 23.2 Å². The average molecular weight is 294 g/mol. The molecule has 0 heterocycles. The quantitative estimate of drug-likeness (QED) is 0.871. The molecule has 2 nitrogen and oxygen atoms in total. The maximum absolute atomic E-state index is 11.3. The monoisotopic (exact) mass is 293 g/mol. The normalized spacial score (nSPS) is 14.6. The smallest absolute Gasteiger partial charge is 0.0454 e. The molecule has 1 N–H and O–H groups in total. The van der Waals surface area contributed by atoms with Gasteiger partial charge < -0.3 is 5.32 Å². The first kappa shape index (κ1) is 15.0. The molecule has 0 aliphatic rings. The molecule has 0 fully saturated rings. The van der Waals surface area contributed by atoms with Crippen molar-refractivity contribution in [1.82, 2.24) is 5.32 Å². The Bertz CT molecular complexity index is 398. The van der Waals surface area contributed by atoms with E-state index in [1.165, 1.54) is 0 Å². The summed E-state index contributed by atoms with van der Waals surface area (Å²) in [6.07, 6.45) is 0. The van der Waals surface area contributed by atoms with Crippen LogP contribution in [0.15, 0.2) is 18.2 Å². The zero-order valence-corrected chi connectivity index (χ0v) is 12.3. The number of hydrogen-bond donors (Lipinski definition) is 1. The van der Waals surface area contributed by atoms with Gasteiger partial charge in [0, 0.05) is 44.9 Å². The van der Waals surface area contributed by atoms with Crippen molar-refractivity contribution in [2.75, 3.05) is 18.1 Å². The van der Waals surface area contributed by atoms with Crippen LogP contribution in [-0.4, -0.2) is 22.3 Å². The average Bonchev–Trinajstić information content (AvgIpc) is 2.31. The van der Waals surface area contributed by atoms with Crippen molar-refractivity contribution in [2.24, 2.45) is 0 Å². The molecule has 1 aromatic carbocycles. The molecule has 2 atom stereocenters. The molecule has 0 aliphatic heterocycles. The Labute approximate surface area is 115 Å². The summed E-state index contributed by atoms with van der Waals surface area (Å²) in [7, 11) is -0.731. The highest BCUT2D eigenvalue weighted by molar-refractivity contribution is 7.84. The lowest BCUT2D eigenvalue weighted by atomic mass is 10.1. The Balaban J connectivity index is 2.54. The van der Waals surface area contributed by atoms with E-state index in [1.54, 1.807) is 12.1 Å².